The van der Waals surface area contributed by atoms with Crippen molar-refractivity contribution in [3.63, 3.8) is 0 Å². The summed E-state index contributed by atoms with van der Waals surface area (Å²) in [5, 5.41) is 21.2. The van der Waals surface area contributed by atoms with Crippen molar-refractivity contribution >= 4 is 17.6 Å². The zero-order valence-corrected chi connectivity index (χ0v) is 10.5. The highest BCUT2D eigenvalue weighted by molar-refractivity contribution is 5.88. The molecule has 0 aromatic heterocycles. The number of carbonyl (C=O) groups is 2. The Bertz CT molecular complexity index is 600. The zero-order valence-electron chi connectivity index (χ0n) is 10.5. The van der Waals surface area contributed by atoms with Crippen molar-refractivity contribution in [2.24, 2.45) is 0 Å². The summed E-state index contributed by atoms with van der Waals surface area (Å²) in [4.78, 5) is 31.5. The van der Waals surface area contributed by atoms with Crippen LogP contribution < -0.4 is 5.32 Å². The predicted molar refractivity (Wildman–Crippen MR) is 62.7 cm³/mol. The molecular weight excluding hydrogens is 297 g/mol. The van der Waals surface area contributed by atoms with Crippen LogP contribution in [-0.2, 0) is 4.79 Å². The molecule has 0 radical (unpaired) electrons. The fourth-order valence-electron chi connectivity index (χ4n) is 1.56. The maximum absolute atomic E-state index is 12.1. The maximum Gasteiger partial charge on any atom is 0.471 e. The second-order valence-corrected chi connectivity index (χ2v) is 4.03. The third kappa shape index (κ3) is 3.91. The summed E-state index contributed by atoms with van der Waals surface area (Å²) in [5.74, 6) is -3.66. The van der Waals surface area contributed by atoms with Gasteiger partial charge in [0, 0.05) is 6.07 Å². The Kier molecular flexibility index (Phi) is 4.51. The van der Waals surface area contributed by atoms with E-state index in [-0.39, 0.29) is 11.1 Å². The lowest BCUT2D eigenvalue weighted by atomic mass is 10.0. The minimum Gasteiger partial charge on any atom is -0.478 e. The second kappa shape index (κ2) is 5.77. The molecule has 21 heavy (non-hydrogen) atoms. The van der Waals surface area contributed by atoms with E-state index in [0.29, 0.717) is 6.07 Å². The van der Waals surface area contributed by atoms with Crippen molar-refractivity contribution in [2.75, 3.05) is 0 Å². The van der Waals surface area contributed by atoms with Gasteiger partial charge < -0.3 is 10.4 Å². The summed E-state index contributed by atoms with van der Waals surface area (Å²) in [6.07, 6.45) is -5.12. The fourth-order valence-corrected chi connectivity index (χ4v) is 1.56. The van der Waals surface area contributed by atoms with E-state index < -0.39 is 34.7 Å². The number of hydrogen-bond donors (Lipinski definition) is 2. The maximum atomic E-state index is 12.1. The van der Waals surface area contributed by atoms with Crippen molar-refractivity contribution in [1.82, 2.24) is 5.32 Å². The van der Waals surface area contributed by atoms with Gasteiger partial charge in [-0.1, -0.05) is 0 Å². The van der Waals surface area contributed by atoms with Crippen LogP contribution in [0.4, 0.5) is 18.9 Å². The quantitative estimate of drug-likeness (QED) is 0.653. The molecule has 0 saturated carbocycles. The molecule has 0 saturated heterocycles. The van der Waals surface area contributed by atoms with Crippen LogP contribution in [0, 0.1) is 10.1 Å². The predicted octanol–water partition coefficient (Wildman–Crippen LogP) is 2.03. The molecule has 1 atom stereocenters. The number of rotatable bonds is 4. The molecule has 10 heteroatoms. The lowest BCUT2D eigenvalue weighted by Gasteiger charge is -2.15. The number of aromatic carboxylic acids is 1. The van der Waals surface area contributed by atoms with E-state index in [1.807, 2.05) is 0 Å². The van der Waals surface area contributed by atoms with Crippen LogP contribution in [0.1, 0.15) is 28.9 Å². The third-order valence-corrected chi connectivity index (χ3v) is 2.55. The number of benzene rings is 1. The number of carbonyl (C=O) groups excluding carboxylic acids is 1. The number of alkyl halides is 3. The average molecular weight is 306 g/mol. The number of nitro groups is 1. The van der Waals surface area contributed by atoms with Gasteiger partial charge in [0.05, 0.1) is 22.1 Å². The Balaban J connectivity index is 3.15. The standard InChI is InChI=1S/C11H9F3N2O5/c1-5(15-10(19)11(12,13)14)7-3-2-6(9(17)18)4-8(7)16(20)21/h2-5H,1H3,(H,15,19)(H,17,18). The monoisotopic (exact) mass is 306 g/mol. The summed E-state index contributed by atoms with van der Waals surface area (Å²) in [7, 11) is 0. The van der Waals surface area contributed by atoms with Gasteiger partial charge in [0.25, 0.3) is 5.69 Å². The molecule has 0 spiro atoms. The molecular formula is C11H9F3N2O5. The fraction of sp³-hybridized carbons (Fsp3) is 0.273. The van der Waals surface area contributed by atoms with E-state index in [2.05, 4.69) is 0 Å². The number of nitrogens with zero attached hydrogens (tertiary/aromatic N) is 1. The first kappa shape index (κ1) is 16.4. The molecule has 2 N–H and O–H groups in total. The highest BCUT2D eigenvalue weighted by Crippen LogP contribution is 2.27. The molecule has 7 nitrogen and oxygen atoms in total. The second-order valence-electron chi connectivity index (χ2n) is 4.03. The molecule has 1 aromatic carbocycles. The van der Waals surface area contributed by atoms with Crippen LogP contribution in [0.2, 0.25) is 0 Å². The Hall–Kier alpha value is -2.65. The first-order valence-corrected chi connectivity index (χ1v) is 5.43. The van der Waals surface area contributed by atoms with Gasteiger partial charge in [0.15, 0.2) is 0 Å². The van der Waals surface area contributed by atoms with Crippen molar-refractivity contribution in [2.45, 2.75) is 19.1 Å². The highest BCUT2D eigenvalue weighted by Gasteiger charge is 2.40. The average Bonchev–Trinajstić information content (AvgIpc) is 2.36. The topological polar surface area (TPSA) is 110 Å². The summed E-state index contributed by atoms with van der Waals surface area (Å²) >= 11 is 0. The van der Waals surface area contributed by atoms with Crippen molar-refractivity contribution < 1.29 is 32.8 Å². The Labute approximate surface area is 115 Å². The smallest absolute Gasteiger partial charge is 0.471 e. The molecule has 0 fully saturated rings. The normalized spacial score (nSPS) is 12.6. The first-order chi connectivity index (χ1) is 9.54. The van der Waals surface area contributed by atoms with Crippen LogP contribution in [0.3, 0.4) is 0 Å². The van der Waals surface area contributed by atoms with Gasteiger partial charge in [0.1, 0.15) is 0 Å². The summed E-state index contributed by atoms with van der Waals surface area (Å²) < 4.78 is 36.4. The molecule has 114 valence electrons. The molecule has 1 unspecified atom stereocenters. The molecule has 0 heterocycles. The van der Waals surface area contributed by atoms with E-state index in [9.17, 15) is 32.9 Å². The molecule has 1 amide bonds. The van der Waals surface area contributed by atoms with Gasteiger partial charge in [-0.2, -0.15) is 13.2 Å². The minimum atomic E-state index is -5.12. The number of carboxylic acids is 1. The van der Waals surface area contributed by atoms with Crippen LogP contribution >= 0.6 is 0 Å². The van der Waals surface area contributed by atoms with Crippen LogP contribution in [0.5, 0.6) is 0 Å². The molecule has 0 bridgehead atoms. The number of nitro benzene ring substituents is 1. The molecule has 0 aliphatic heterocycles. The Morgan fingerprint density at radius 1 is 1.38 bits per heavy atom. The number of amides is 1. The van der Waals surface area contributed by atoms with Crippen LogP contribution in [0.15, 0.2) is 18.2 Å². The van der Waals surface area contributed by atoms with Crippen molar-refractivity contribution in [3.05, 3.63) is 39.4 Å². The number of halogens is 3. The molecule has 1 rings (SSSR count). The van der Waals surface area contributed by atoms with E-state index in [1.54, 1.807) is 5.32 Å². The minimum absolute atomic E-state index is 0.234. The van der Waals surface area contributed by atoms with Crippen molar-refractivity contribution in [3.8, 4) is 0 Å². The van der Waals surface area contributed by atoms with Gasteiger partial charge in [-0.3, -0.25) is 14.9 Å². The highest BCUT2D eigenvalue weighted by atomic mass is 19.4. The first-order valence-electron chi connectivity index (χ1n) is 5.43. The van der Waals surface area contributed by atoms with E-state index in [0.717, 1.165) is 19.1 Å². The lowest BCUT2D eigenvalue weighted by Crippen LogP contribution is -2.38. The Morgan fingerprint density at radius 2 is 1.95 bits per heavy atom. The van der Waals surface area contributed by atoms with E-state index in [4.69, 9.17) is 5.11 Å². The van der Waals surface area contributed by atoms with E-state index in [1.165, 1.54) is 0 Å². The van der Waals surface area contributed by atoms with Gasteiger partial charge in [-0.15, -0.1) is 0 Å². The largest absolute Gasteiger partial charge is 0.478 e. The van der Waals surface area contributed by atoms with E-state index >= 15 is 0 Å². The lowest BCUT2D eigenvalue weighted by molar-refractivity contribution is -0.385. The summed E-state index contributed by atoms with van der Waals surface area (Å²) in [6.45, 7) is 1.12. The number of nitrogens with one attached hydrogen (secondary N) is 1. The Morgan fingerprint density at radius 3 is 2.38 bits per heavy atom. The van der Waals surface area contributed by atoms with Gasteiger partial charge in [-0.05, 0) is 19.1 Å². The number of hydrogen-bond acceptors (Lipinski definition) is 4. The van der Waals surface area contributed by atoms with Gasteiger partial charge in [0.2, 0.25) is 0 Å². The summed E-state index contributed by atoms with van der Waals surface area (Å²) in [6, 6.07) is 1.39. The number of carboxylic acid groups (broad SMARTS) is 1. The van der Waals surface area contributed by atoms with Crippen LogP contribution in [0.25, 0.3) is 0 Å². The zero-order chi connectivity index (χ0) is 16.4. The van der Waals surface area contributed by atoms with Gasteiger partial charge in [-0.25, -0.2) is 4.79 Å². The third-order valence-electron chi connectivity index (χ3n) is 2.55. The molecule has 0 aliphatic carbocycles. The SMILES string of the molecule is CC(NC(=O)C(F)(F)F)c1ccc(C(=O)O)cc1[N+](=O)[O-]. The summed E-state index contributed by atoms with van der Waals surface area (Å²) in [5.41, 5.74) is -1.31. The van der Waals surface area contributed by atoms with Crippen molar-refractivity contribution in [1.29, 1.82) is 0 Å². The molecule has 0 aliphatic rings. The van der Waals surface area contributed by atoms with Crippen LogP contribution in [-0.4, -0.2) is 28.1 Å². The molecule has 1 aromatic rings. The van der Waals surface area contributed by atoms with Gasteiger partial charge >= 0.3 is 18.1 Å².